The van der Waals surface area contributed by atoms with Crippen LogP contribution < -0.4 is 10.6 Å². The quantitative estimate of drug-likeness (QED) is 0.417. The molecule has 0 fully saturated rings. The van der Waals surface area contributed by atoms with Crippen molar-refractivity contribution in [3.05, 3.63) is 57.0 Å². The van der Waals surface area contributed by atoms with Crippen molar-refractivity contribution in [2.75, 3.05) is 5.32 Å². The van der Waals surface area contributed by atoms with Crippen LogP contribution in [0.15, 0.2) is 36.4 Å². The highest BCUT2D eigenvalue weighted by Gasteiger charge is 2.19. The molecule has 1 heterocycles. The van der Waals surface area contributed by atoms with Gasteiger partial charge in [0.1, 0.15) is 0 Å². The van der Waals surface area contributed by atoms with Crippen LogP contribution in [-0.4, -0.2) is 21.2 Å². The number of aromatic nitrogens is 1. The number of nitrogens with one attached hydrogen (secondary N) is 2. The molecule has 146 valence electrons. The minimum atomic E-state index is -0.968. The molecule has 0 aliphatic carbocycles. The molecule has 0 radical (unpaired) electrons. The molecule has 1 aromatic heterocycles. The highest BCUT2D eigenvalue weighted by Crippen LogP contribution is 2.29. The number of hydrogen-bond donors (Lipinski definition) is 3. The van der Waals surface area contributed by atoms with Crippen molar-refractivity contribution in [1.82, 2.24) is 10.3 Å². The summed E-state index contributed by atoms with van der Waals surface area (Å²) < 4.78 is 1.06. The van der Waals surface area contributed by atoms with Crippen molar-refractivity contribution >= 4 is 73.7 Å². The zero-order valence-electron chi connectivity index (χ0n) is 14.8. The predicted molar refractivity (Wildman–Crippen MR) is 120 cm³/mol. The van der Waals surface area contributed by atoms with E-state index in [0.717, 1.165) is 27.3 Å². The molecule has 5 nitrogen and oxygen atoms in total. The standard InChI is InChI=1S/C19H17Cl2N3O2S2/c1-2-17-23-14-6-4-11(8-16(14)28-17)22-19(27)24-15(9-18(25)26)12-5-3-10(20)7-13(12)21/h3-8,15H,2,9H2,1H3,(H,25,26)(H2,22,24,27). The first-order valence-electron chi connectivity index (χ1n) is 8.49. The first-order valence-corrected chi connectivity index (χ1v) is 10.5. The Balaban J connectivity index is 1.77. The second-order valence-electron chi connectivity index (χ2n) is 6.06. The Labute approximate surface area is 181 Å². The number of anilines is 1. The zero-order chi connectivity index (χ0) is 20.3. The molecular weight excluding hydrogens is 437 g/mol. The number of thiazole rings is 1. The third-order valence-corrected chi connectivity index (χ3v) is 5.96. The maximum absolute atomic E-state index is 11.3. The number of aliphatic carboxylic acids is 1. The third-order valence-electron chi connectivity index (χ3n) is 4.02. The Morgan fingerprint density at radius 1 is 1.29 bits per heavy atom. The smallest absolute Gasteiger partial charge is 0.305 e. The second-order valence-corrected chi connectivity index (χ2v) is 8.43. The Kier molecular flexibility index (Phi) is 6.72. The molecule has 1 atom stereocenters. The SMILES string of the molecule is CCc1nc2ccc(NC(=S)NC(CC(=O)O)c3ccc(Cl)cc3Cl)cc2s1. The van der Waals surface area contributed by atoms with E-state index in [-0.39, 0.29) is 6.42 Å². The summed E-state index contributed by atoms with van der Waals surface area (Å²) in [6.45, 7) is 2.07. The fourth-order valence-corrected chi connectivity index (χ4v) is 4.47. The summed E-state index contributed by atoms with van der Waals surface area (Å²) in [5.41, 5.74) is 2.36. The van der Waals surface area contributed by atoms with Gasteiger partial charge in [-0.1, -0.05) is 36.2 Å². The molecule has 1 unspecified atom stereocenters. The second kappa shape index (κ2) is 9.05. The Hall–Kier alpha value is -1.93. The molecule has 28 heavy (non-hydrogen) atoms. The van der Waals surface area contributed by atoms with E-state index in [0.29, 0.717) is 20.7 Å². The van der Waals surface area contributed by atoms with Gasteiger partial charge in [0.05, 0.1) is 27.7 Å². The van der Waals surface area contributed by atoms with E-state index < -0.39 is 12.0 Å². The first-order chi connectivity index (χ1) is 13.4. The van der Waals surface area contributed by atoms with Crippen LogP contribution in [0.5, 0.6) is 0 Å². The number of carbonyl (C=O) groups is 1. The fraction of sp³-hybridized carbons (Fsp3) is 0.211. The van der Waals surface area contributed by atoms with Crippen molar-refractivity contribution < 1.29 is 9.90 Å². The number of fused-ring (bicyclic) bond motifs is 1. The van der Waals surface area contributed by atoms with E-state index >= 15 is 0 Å². The number of halogens is 2. The van der Waals surface area contributed by atoms with Gasteiger partial charge < -0.3 is 15.7 Å². The lowest BCUT2D eigenvalue weighted by molar-refractivity contribution is -0.137. The van der Waals surface area contributed by atoms with E-state index in [2.05, 4.69) is 22.5 Å². The number of nitrogens with zero attached hydrogens (tertiary/aromatic N) is 1. The zero-order valence-corrected chi connectivity index (χ0v) is 18.0. The van der Waals surface area contributed by atoms with Crippen molar-refractivity contribution in [2.24, 2.45) is 0 Å². The molecule has 2 aromatic carbocycles. The van der Waals surface area contributed by atoms with Gasteiger partial charge in [0, 0.05) is 15.7 Å². The maximum atomic E-state index is 11.3. The van der Waals surface area contributed by atoms with Gasteiger partial charge in [-0.3, -0.25) is 4.79 Å². The summed E-state index contributed by atoms with van der Waals surface area (Å²) in [5, 5.41) is 17.6. The summed E-state index contributed by atoms with van der Waals surface area (Å²) >= 11 is 19.2. The number of aryl methyl sites for hydroxylation is 1. The van der Waals surface area contributed by atoms with Crippen LogP contribution >= 0.6 is 46.8 Å². The average Bonchev–Trinajstić information content (AvgIpc) is 3.03. The van der Waals surface area contributed by atoms with E-state index in [1.807, 2.05) is 18.2 Å². The number of carboxylic acid groups (broad SMARTS) is 1. The lowest BCUT2D eigenvalue weighted by Gasteiger charge is -2.21. The molecule has 0 spiro atoms. The normalized spacial score (nSPS) is 12.0. The highest BCUT2D eigenvalue weighted by molar-refractivity contribution is 7.80. The predicted octanol–water partition coefficient (Wildman–Crippen LogP) is 5.67. The highest BCUT2D eigenvalue weighted by atomic mass is 35.5. The maximum Gasteiger partial charge on any atom is 0.305 e. The van der Waals surface area contributed by atoms with Crippen molar-refractivity contribution in [3.8, 4) is 0 Å². The van der Waals surface area contributed by atoms with Gasteiger partial charge in [-0.15, -0.1) is 11.3 Å². The van der Waals surface area contributed by atoms with Crippen LogP contribution in [0.1, 0.15) is 30.0 Å². The molecule has 0 saturated carbocycles. The summed E-state index contributed by atoms with van der Waals surface area (Å²) in [6.07, 6.45) is 0.706. The van der Waals surface area contributed by atoms with Gasteiger partial charge >= 0.3 is 5.97 Å². The van der Waals surface area contributed by atoms with Gasteiger partial charge in [0.15, 0.2) is 5.11 Å². The number of carboxylic acids is 1. The molecule has 0 saturated heterocycles. The van der Waals surface area contributed by atoms with Crippen LogP contribution in [0.4, 0.5) is 5.69 Å². The Bertz CT molecular complexity index is 1040. The Morgan fingerprint density at radius 2 is 2.07 bits per heavy atom. The van der Waals surface area contributed by atoms with Crippen LogP contribution in [0, 0.1) is 0 Å². The monoisotopic (exact) mass is 453 g/mol. The van der Waals surface area contributed by atoms with Gasteiger partial charge in [0.2, 0.25) is 0 Å². The summed E-state index contributed by atoms with van der Waals surface area (Å²) in [4.78, 5) is 15.8. The van der Waals surface area contributed by atoms with Crippen molar-refractivity contribution in [1.29, 1.82) is 0 Å². The summed E-state index contributed by atoms with van der Waals surface area (Å²) in [5.74, 6) is -0.968. The lowest BCUT2D eigenvalue weighted by Crippen LogP contribution is -2.33. The topological polar surface area (TPSA) is 74.2 Å². The average molecular weight is 454 g/mol. The molecule has 9 heteroatoms. The van der Waals surface area contributed by atoms with E-state index in [1.54, 1.807) is 29.5 Å². The molecule has 3 aromatic rings. The minimum absolute atomic E-state index is 0.184. The van der Waals surface area contributed by atoms with Crippen LogP contribution in [0.25, 0.3) is 10.2 Å². The number of thiocarbonyl (C=S) groups is 1. The van der Waals surface area contributed by atoms with Gasteiger partial charge in [-0.2, -0.15) is 0 Å². The summed E-state index contributed by atoms with van der Waals surface area (Å²) in [7, 11) is 0. The number of rotatable bonds is 6. The third kappa shape index (κ3) is 5.11. The van der Waals surface area contributed by atoms with E-state index in [1.165, 1.54) is 0 Å². The van der Waals surface area contributed by atoms with Crippen molar-refractivity contribution in [3.63, 3.8) is 0 Å². The molecule has 3 N–H and O–H groups in total. The Morgan fingerprint density at radius 3 is 2.75 bits per heavy atom. The van der Waals surface area contributed by atoms with Crippen LogP contribution in [0.3, 0.4) is 0 Å². The molecule has 0 bridgehead atoms. The molecule has 0 aliphatic heterocycles. The van der Waals surface area contributed by atoms with Crippen molar-refractivity contribution in [2.45, 2.75) is 25.8 Å². The summed E-state index contributed by atoms with van der Waals surface area (Å²) in [6, 6.07) is 10.1. The van der Waals surface area contributed by atoms with Crippen LogP contribution in [0.2, 0.25) is 10.0 Å². The number of benzene rings is 2. The number of hydrogen-bond acceptors (Lipinski definition) is 4. The molecule has 0 aliphatic rings. The lowest BCUT2D eigenvalue weighted by atomic mass is 10.0. The fourth-order valence-electron chi connectivity index (χ4n) is 2.72. The van der Waals surface area contributed by atoms with E-state index in [9.17, 15) is 9.90 Å². The molecule has 0 amide bonds. The van der Waals surface area contributed by atoms with Gasteiger partial charge in [0.25, 0.3) is 0 Å². The minimum Gasteiger partial charge on any atom is -0.481 e. The van der Waals surface area contributed by atoms with E-state index in [4.69, 9.17) is 35.4 Å². The first kappa shape index (κ1) is 20.8. The van der Waals surface area contributed by atoms with Crippen LogP contribution in [-0.2, 0) is 11.2 Å². The molecular formula is C19H17Cl2N3O2S2. The van der Waals surface area contributed by atoms with Gasteiger partial charge in [-0.25, -0.2) is 4.98 Å². The van der Waals surface area contributed by atoms with Gasteiger partial charge in [-0.05, 0) is 54.5 Å². The molecule has 3 rings (SSSR count). The largest absolute Gasteiger partial charge is 0.481 e.